The van der Waals surface area contributed by atoms with Crippen LogP contribution in [0, 0.1) is 28.6 Å². The van der Waals surface area contributed by atoms with Crippen molar-refractivity contribution >= 4 is 5.97 Å². The van der Waals surface area contributed by atoms with Crippen molar-refractivity contribution in [3.05, 3.63) is 24.3 Å². The van der Waals surface area contributed by atoms with E-state index in [4.69, 9.17) is 4.74 Å². The maximum absolute atomic E-state index is 12.4. The van der Waals surface area contributed by atoms with Crippen molar-refractivity contribution in [1.29, 1.82) is 0 Å². The Hall–Kier alpha value is -1.21. The number of rotatable bonds is 1. The highest BCUT2D eigenvalue weighted by atomic mass is 16.6. The number of carbonyl (C=O) groups is 1. The summed E-state index contributed by atoms with van der Waals surface area (Å²) in [6.07, 6.45) is 3.25. The van der Waals surface area contributed by atoms with Gasteiger partial charge in [0.2, 0.25) is 0 Å². The number of hydrogen-bond donors (Lipinski definition) is 4. The third-order valence-electron chi connectivity index (χ3n) is 8.31. The fraction of sp³-hybridized carbons (Fsp3) is 0.737. The van der Waals surface area contributed by atoms with E-state index in [1.807, 2.05) is 0 Å². The van der Waals surface area contributed by atoms with Crippen LogP contribution >= 0.6 is 0 Å². The lowest BCUT2D eigenvalue weighted by Crippen LogP contribution is -2.51. The first-order valence-corrected chi connectivity index (χ1v) is 8.99. The van der Waals surface area contributed by atoms with Crippen LogP contribution in [0.5, 0.6) is 0 Å². The molecule has 25 heavy (non-hydrogen) atoms. The zero-order chi connectivity index (χ0) is 18.0. The highest BCUT2D eigenvalue weighted by Crippen LogP contribution is 2.77. The summed E-state index contributed by atoms with van der Waals surface area (Å²) < 4.78 is 6.07. The van der Waals surface area contributed by atoms with Crippen molar-refractivity contribution in [3.8, 4) is 0 Å². The molecule has 0 aromatic carbocycles. The van der Waals surface area contributed by atoms with E-state index < -0.39 is 52.2 Å². The molecule has 1 unspecified atom stereocenters. The van der Waals surface area contributed by atoms with E-state index in [9.17, 15) is 25.2 Å². The highest BCUT2D eigenvalue weighted by Gasteiger charge is 2.82. The summed E-state index contributed by atoms with van der Waals surface area (Å²) in [7, 11) is 0. The Morgan fingerprint density at radius 1 is 1.40 bits per heavy atom. The van der Waals surface area contributed by atoms with Crippen molar-refractivity contribution < 1.29 is 30.0 Å². The molecule has 4 bridgehead atoms. The van der Waals surface area contributed by atoms with Crippen molar-refractivity contribution in [3.63, 3.8) is 0 Å². The second-order valence-corrected chi connectivity index (χ2v) is 9.10. The van der Waals surface area contributed by atoms with Crippen molar-refractivity contribution in [2.45, 2.75) is 56.2 Å². The van der Waals surface area contributed by atoms with Crippen LogP contribution in [-0.4, -0.2) is 50.0 Å². The van der Waals surface area contributed by atoms with Gasteiger partial charge in [-0.3, -0.25) is 4.79 Å². The number of ether oxygens (including phenoxy) is 1. The highest BCUT2D eigenvalue weighted by molar-refractivity contribution is 5.74. The lowest BCUT2D eigenvalue weighted by molar-refractivity contribution is -0.191. The molecule has 5 rings (SSSR count). The second kappa shape index (κ2) is 4.19. The van der Waals surface area contributed by atoms with Crippen LogP contribution in [0.15, 0.2) is 24.3 Å². The molecule has 6 heteroatoms. The van der Waals surface area contributed by atoms with Crippen molar-refractivity contribution in [2.24, 2.45) is 28.6 Å². The van der Waals surface area contributed by atoms with Crippen molar-refractivity contribution in [1.82, 2.24) is 0 Å². The van der Waals surface area contributed by atoms with Gasteiger partial charge in [-0.1, -0.05) is 25.7 Å². The molecular weight excluding hydrogens is 324 g/mol. The normalized spacial score (nSPS) is 61.3. The lowest BCUT2D eigenvalue weighted by Gasteiger charge is -2.45. The van der Waals surface area contributed by atoms with Crippen LogP contribution in [0.4, 0.5) is 0 Å². The van der Waals surface area contributed by atoms with E-state index >= 15 is 0 Å². The third kappa shape index (κ3) is 1.44. The van der Waals surface area contributed by atoms with Gasteiger partial charge in [0.05, 0.1) is 28.6 Å². The van der Waals surface area contributed by atoms with Crippen LogP contribution in [0.1, 0.15) is 32.6 Å². The number of aliphatic hydroxyl groups is 3. The minimum Gasteiger partial charge on any atom is -0.481 e. The van der Waals surface area contributed by atoms with Crippen LogP contribution in [0.2, 0.25) is 0 Å². The zero-order valence-corrected chi connectivity index (χ0v) is 14.2. The molecule has 0 aromatic rings. The van der Waals surface area contributed by atoms with Gasteiger partial charge in [0.1, 0.15) is 0 Å². The van der Waals surface area contributed by atoms with Crippen LogP contribution in [-0.2, 0) is 9.53 Å². The summed E-state index contributed by atoms with van der Waals surface area (Å²) in [6.45, 7) is 5.76. The number of aliphatic hydroxyl groups excluding tert-OH is 2. The molecule has 4 N–H and O–H groups in total. The number of hydrogen-bond acceptors (Lipinski definition) is 5. The van der Waals surface area contributed by atoms with Crippen molar-refractivity contribution in [2.75, 3.05) is 0 Å². The van der Waals surface area contributed by atoms with Gasteiger partial charge in [-0.05, 0) is 42.6 Å². The van der Waals surface area contributed by atoms with Crippen LogP contribution in [0.3, 0.4) is 0 Å². The topological polar surface area (TPSA) is 107 Å². The van der Waals surface area contributed by atoms with Gasteiger partial charge in [-0.25, -0.2) is 0 Å². The lowest BCUT2D eigenvalue weighted by atomic mass is 9.60. The molecule has 1 spiro atoms. The molecule has 1 saturated heterocycles. The first kappa shape index (κ1) is 16.0. The van der Waals surface area contributed by atoms with Gasteiger partial charge in [-0.2, -0.15) is 0 Å². The van der Waals surface area contributed by atoms with Crippen LogP contribution in [0.25, 0.3) is 0 Å². The number of aliphatic carboxylic acids is 1. The SMILES string of the molecule is C=C1C[C@]23C[C@@]1(O)CC[C@H]2[C@@]12C=C[C@H](O)[C@](C)(C(O)O1)[C@H]2[C@@H]3C(=O)O. The maximum Gasteiger partial charge on any atom is 0.307 e. The summed E-state index contributed by atoms with van der Waals surface area (Å²) in [6, 6.07) is 0. The molecule has 3 saturated carbocycles. The van der Waals surface area contributed by atoms with E-state index in [0.717, 1.165) is 0 Å². The maximum atomic E-state index is 12.4. The smallest absolute Gasteiger partial charge is 0.307 e. The zero-order valence-electron chi connectivity index (χ0n) is 14.2. The Balaban J connectivity index is 1.77. The molecular formula is C19H24O6. The molecule has 5 aliphatic rings. The summed E-state index contributed by atoms with van der Waals surface area (Å²) in [5.41, 5.74) is -2.91. The minimum absolute atomic E-state index is 0.120. The standard InChI is InChI=1S/C19H24O6/c1-9-7-17-8-18(9,24)5-3-10(17)19-6-4-11(20)16(2,15(23)25-19)13(19)12(17)14(21)22/h4,6,10-13,15,20,23-24H,1,3,5,7-8H2,2H3,(H,21,22)/t10-,11+,12-,13-,15?,16+,17+,18+,19-/m1/s1. The van der Waals surface area contributed by atoms with Gasteiger partial charge in [-0.15, -0.1) is 0 Å². The molecule has 0 aromatic heterocycles. The monoisotopic (exact) mass is 348 g/mol. The largest absolute Gasteiger partial charge is 0.481 e. The van der Waals surface area contributed by atoms with Gasteiger partial charge in [0.25, 0.3) is 0 Å². The van der Waals surface area contributed by atoms with Crippen LogP contribution < -0.4 is 0 Å². The number of carboxylic acid groups (broad SMARTS) is 1. The summed E-state index contributed by atoms with van der Waals surface area (Å²) >= 11 is 0. The first-order chi connectivity index (χ1) is 11.6. The Morgan fingerprint density at radius 3 is 2.80 bits per heavy atom. The fourth-order valence-electron chi connectivity index (χ4n) is 7.30. The predicted molar refractivity (Wildman–Crippen MR) is 86.2 cm³/mol. The third-order valence-corrected chi connectivity index (χ3v) is 8.31. The molecule has 0 amide bonds. The molecule has 4 aliphatic carbocycles. The van der Waals surface area contributed by atoms with E-state index in [-0.39, 0.29) is 5.92 Å². The van der Waals surface area contributed by atoms with Gasteiger partial charge < -0.3 is 25.2 Å². The predicted octanol–water partition coefficient (Wildman–Crippen LogP) is 0.819. The summed E-state index contributed by atoms with van der Waals surface area (Å²) in [5.74, 6) is -2.40. The Morgan fingerprint density at radius 2 is 2.12 bits per heavy atom. The molecule has 1 aliphatic heterocycles. The Bertz CT molecular complexity index is 731. The summed E-state index contributed by atoms with van der Waals surface area (Å²) in [4.78, 5) is 12.4. The van der Waals surface area contributed by atoms with E-state index in [1.165, 1.54) is 0 Å². The average molecular weight is 348 g/mol. The fourth-order valence-corrected chi connectivity index (χ4v) is 7.30. The number of fused-ring (bicyclic) bond motifs is 1. The quantitative estimate of drug-likeness (QED) is 0.523. The second-order valence-electron chi connectivity index (χ2n) is 9.10. The molecule has 6 nitrogen and oxygen atoms in total. The van der Waals surface area contributed by atoms with Gasteiger partial charge in [0.15, 0.2) is 6.29 Å². The van der Waals surface area contributed by atoms with E-state index in [1.54, 1.807) is 19.1 Å². The Kier molecular flexibility index (Phi) is 2.68. The summed E-state index contributed by atoms with van der Waals surface area (Å²) in [5, 5.41) is 42.3. The minimum atomic E-state index is -1.22. The molecule has 9 atom stereocenters. The average Bonchev–Trinajstić information content (AvgIpc) is 2.95. The van der Waals surface area contributed by atoms with E-state index in [0.29, 0.717) is 31.3 Å². The molecule has 136 valence electrons. The molecule has 0 radical (unpaired) electrons. The first-order valence-electron chi connectivity index (χ1n) is 8.99. The van der Waals surface area contributed by atoms with Gasteiger partial charge in [0, 0.05) is 5.92 Å². The van der Waals surface area contributed by atoms with Gasteiger partial charge >= 0.3 is 5.97 Å². The number of carboxylic acids is 1. The molecule has 4 fully saturated rings. The van der Waals surface area contributed by atoms with E-state index in [2.05, 4.69) is 6.58 Å². The molecule has 1 heterocycles. The Labute approximate surface area is 145 Å².